The number of benzene rings is 1. The van der Waals surface area contributed by atoms with Crippen LogP contribution in [0.15, 0.2) is 61.2 Å². The van der Waals surface area contributed by atoms with Gasteiger partial charge in [0.25, 0.3) is 0 Å². The van der Waals surface area contributed by atoms with Crippen LogP contribution >= 0.6 is 0 Å². The third kappa shape index (κ3) is 4.68. The Kier molecular flexibility index (Phi) is 6.20. The van der Waals surface area contributed by atoms with E-state index in [2.05, 4.69) is 42.4 Å². The van der Waals surface area contributed by atoms with Gasteiger partial charge in [0.05, 0.1) is 34.8 Å². The highest BCUT2D eigenvalue weighted by Gasteiger charge is 2.17. The van der Waals surface area contributed by atoms with E-state index < -0.39 is 0 Å². The summed E-state index contributed by atoms with van der Waals surface area (Å²) in [6, 6.07) is 11.5. The fourth-order valence-electron chi connectivity index (χ4n) is 4.60. The van der Waals surface area contributed by atoms with Crippen LogP contribution in [0.4, 0.5) is 5.69 Å². The van der Waals surface area contributed by atoms with Crippen molar-refractivity contribution >= 4 is 39.3 Å². The summed E-state index contributed by atoms with van der Waals surface area (Å²) >= 11 is 0. The highest BCUT2D eigenvalue weighted by Crippen LogP contribution is 2.33. The minimum Gasteiger partial charge on any atom is -0.352 e. The molecule has 0 spiro atoms. The number of nitrogens with one attached hydrogen (secondary N) is 4. The number of anilines is 1. The number of H-pyrrole nitrogens is 3. The summed E-state index contributed by atoms with van der Waals surface area (Å²) in [6.45, 7) is 3.58. The second-order valence-electron chi connectivity index (χ2n) is 9.46. The number of carbonyl (C=O) groups is 2. The molecular weight excluding hydrogens is 492 g/mol. The molecule has 0 atom stereocenters. The van der Waals surface area contributed by atoms with Crippen molar-refractivity contribution in [3.63, 3.8) is 0 Å². The van der Waals surface area contributed by atoms with E-state index in [0.717, 1.165) is 57.2 Å². The van der Waals surface area contributed by atoms with Crippen LogP contribution in [0.3, 0.4) is 0 Å². The van der Waals surface area contributed by atoms with E-state index in [4.69, 9.17) is 4.98 Å². The predicted octanol–water partition coefficient (Wildman–Crippen LogP) is 5.89. The lowest BCUT2D eigenvalue weighted by Gasteiger charge is -2.07. The van der Waals surface area contributed by atoms with E-state index in [-0.39, 0.29) is 11.7 Å². The minimum atomic E-state index is -0.0393. The van der Waals surface area contributed by atoms with Gasteiger partial charge >= 0.3 is 0 Å². The van der Waals surface area contributed by atoms with Crippen molar-refractivity contribution in [3.8, 4) is 33.9 Å². The van der Waals surface area contributed by atoms with Gasteiger partial charge in [0, 0.05) is 47.9 Å². The highest BCUT2D eigenvalue weighted by molar-refractivity contribution is 5.99. The standard InChI is InChI=1S/C29H26N8O2/c1-3-4-5-26(39)32-19-10-18(12-30-13-19)17-6-7-24-20(11-17)28(37-36-24)29-34-25-15-31-14-21(27(25)35-29)23-9-8-22(33-23)16(2)38/h6-15,33H,3-5H2,1-2H3,(H,32,39)(H,34,35)(H,36,37). The lowest BCUT2D eigenvalue weighted by atomic mass is 10.0. The number of hydrogen-bond acceptors (Lipinski definition) is 6. The van der Waals surface area contributed by atoms with Crippen molar-refractivity contribution in [3.05, 3.63) is 66.9 Å². The number of Topliss-reactive ketones (excluding diaryl/α,β-unsaturated/α-hetero) is 1. The van der Waals surface area contributed by atoms with Gasteiger partial charge in [-0.15, -0.1) is 0 Å². The van der Waals surface area contributed by atoms with Gasteiger partial charge < -0.3 is 15.3 Å². The van der Waals surface area contributed by atoms with Gasteiger partial charge in [-0.3, -0.25) is 24.7 Å². The Morgan fingerprint density at radius 1 is 0.923 bits per heavy atom. The molecule has 0 bridgehead atoms. The fraction of sp³-hybridized carbons (Fsp3) is 0.172. The number of hydrogen-bond donors (Lipinski definition) is 4. The van der Waals surface area contributed by atoms with Crippen LogP contribution in [-0.2, 0) is 4.79 Å². The first kappa shape index (κ1) is 24.2. The molecule has 0 saturated heterocycles. The minimum absolute atomic E-state index is 0.0148. The van der Waals surface area contributed by atoms with Crippen LogP contribution in [-0.4, -0.2) is 46.8 Å². The zero-order valence-corrected chi connectivity index (χ0v) is 21.5. The van der Waals surface area contributed by atoms with Crippen molar-refractivity contribution in [1.29, 1.82) is 0 Å². The van der Waals surface area contributed by atoms with E-state index in [9.17, 15) is 9.59 Å². The molecule has 0 saturated carbocycles. The quantitative estimate of drug-likeness (QED) is 0.185. The third-order valence-electron chi connectivity index (χ3n) is 6.65. The van der Waals surface area contributed by atoms with Gasteiger partial charge in [-0.25, -0.2) is 4.98 Å². The molecule has 0 aliphatic heterocycles. The Hall–Kier alpha value is -5.12. The summed E-state index contributed by atoms with van der Waals surface area (Å²) in [7, 11) is 0. The van der Waals surface area contributed by atoms with E-state index in [1.54, 1.807) is 30.9 Å². The van der Waals surface area contributed by atoms with Crippen LogP contribution in [0, 0.1) is 0 Å². The van der Waals surface area contributed by atoms with Gasteiger partial charge in [-0.05, 0) is 42.3 Å². The van der Waals surface area contributed by atoms with Gasteiger partial charge in [-0.2, -0.15) is 5.10 Å². The Bertz CT molecular complexity index is 1840. The van der Waals surface area contributed by atoms with E-state index >= 15 is 0 Å². The van der Waals surface area contributed by atoms with Crippen molar-refractivity contribution in [2.45, 2.75) is 33.1 Å². The maximum absolute atomic E-state index is 12.2. The normalized spacial score (nSPS) is 11.3. The largest absolute Gasteiger partial charge is 0.352 e. The molecule has 4 N–H and O–H groups in total. The summed E-state index contributed by atoms with van der Waals surface area (Å²) in [5, 5.41) is 11.5. The predicted molar refractivity (Wildman–Crippen MR) is 150 cm³/mol. The summed E-state index contributed by atoms with van der Waals surface area (Å²) in [6.07, 6.45) is 9.17. The Morgan fingerprint density at radius 3 is 2.62 bits per heavy atom. The number of carbonyl (C=O) groups excluding carboxylic acids is 2. The lowest BCUT2D eigenvalue weighted by Crippen LogP contribution is -2.11. The van der Waals surface area contributed by atoms with Crippen LogP contribution < -0.4 is 5.32 Å². The molecule has 194 valence electrons. The van der Waals surface area contributed by atoms with Gasteiger partial charge in [-0.1, -0.05) is 19.4 Å². The van der Waals surface area contributed by atoms with E-state index in [1.165, 1.54) is 6.92 Å². The summed E-state index contributed by atoms with van der Waals surface area (Å²) in [4.78, 5) is 44.0. The third-order valence-corrected chi connectivity index (χ3v) is 6.65. The number of unbranched alkanes of at least 4 members (excludes halogenated alkanes) is 1. The van der Waals surface area contributed by atoms with Crippen molar-refractivity contribution in [2.75, 3.05) is 5.32 Å². The number of fused-ring (bicyclic) bond motifs is 2. The van der Waals surface area contributed by atoms with Crippen LogP contribution in [0.1, 0.15) is 43.6 Å². The van der Waals surface area contributed by atoms with Gasteiger partial charge in [0.15, 0.2) is 11.6 Å². The first-order valence-electron chi connectivity index (χ1n) is 12.8. The first-order chi connectivity index (χ1) is 19.0. The molecule has 6 rings (SSSR count). The van der Waals surface area contributed by atoms with Crippen LogP contribution in [0.25, 0.3) is 55.8 Å². The average Bonchev–Trinajstić information content (AvgIpc) is 3.69. The maximum Gasteiger partial charge on any atom is 0.224 e. The number of aromatic amines is 3. The number of ketones is 1. The smallest absolute Gasteiger partial charge is 0.224 e. The SMILES string of the molecule is CCCCC(=O)Nc1cncc(-c2ccc3[nH]nc(-c4nc5c(-c6ccc(C(C)=O)[nH]6)cncc5[nH]4)c3c2)c1. The number of amides is 1. The molecule has 10 heteroatoms. The first-order valence-corrected chi connectivity index (χ1v) is 12.8. The molecule has 6 aromatic rings. The topological polar surface area (TPSA) is 145 Å². The summed E-state index contributed by atoms with van der Waals surface area (Å²) < 4.78 is 0. The summed E-state index contributed by atoms with van der Waals surface area (Å²) in [5.74, 6) is 0.539. The highest BCUT2D eigenvalue weighted by atomic mass is 16.1. The fourth-order valence-corrected chi connectivity index (χ4v) is 4.60. The molecule has 0 unspecified atom stereocenters. The molecule has 0 aliphatic rings. The zero-order valence-electron chi connectivity index (χ0n) is 21.5. The molecule has 39 heavy (non-hydrogen) atoms. The number of imidazole rings is 1. The lowest BCUT2D eigenvalue weighted by molar-refractivity contribution is -0.116. The second-order valence-corrected chi connectivity index (χ2v) is 9.46. The zero-order chi connectivity index (χ0) is 26.9. The number of aromatic nitrogens is 7. The van der Waals surface area contributed by atoms with E-state index in [0.29, 0.717) is 29.3 Å². The van der Waals surface area contributed by atoms with Crippen molar-refractivity contribution < 1.29 is 9.59 Å². The monoisotopic (exact) mass is 518 g/mol. The Labute approximate surface area is 223 Å². The molecular formula is C29H26N8O2. The molecule has 0 aliphatic carbocycles. The maximum atomic E-state index is 12.2. The average molecular weight is 519 g/mol. The molecule has 1 aromatic carbocycles. The van der Waals surface area contributed by atoms with Gasteiger partial charge in [0.1, 0.15) is 11.2 Å². The number of rotatable bonds is 8. The summed E-state index contributed by atoms with van der Waals surface area (Å²) in [5.41, 5.74) is 7.56. The van der Waals surface area contributed by atoms with Crippen LogP contribution in [0.2, 0.25) is 0 Å². The molecule has 10 nitrogen and oxygen atoms in total. The molecule has 0 fully saturated rings. The van der Waals surface area contributed by atoms with E-state index in [1.807, 2.05) is 30.3 Å². The Morgan fingerprint density at radius 2 is 1.79 bits per heavy atom. The second kappa shape index (κ2) is 9.97. The molecule has 1 amide bonds. The van der Waals surface area contributed by atoms with Crippen molar-refractivity contribution in [2.24, 2.45) is 0 Å². The Balaban J connectivity index is 1.36. The van der Waals surface area contributed by atoms with Crippen molar-refractivity contribution in [1.82, 2.24) is 35.1 Å². The van der Waals surface area contributed by atoms with Gasteiger partial charge in [0.2, 0.25) is 5.91 Å². The molecule has 5 aromatic heterocycles. The number of nitrogens with zero attached hydrogens (tertiary/aromatic N) is 4. The number of pyridine rings is 2. The molecule has 5 heterocycles. The molecule has 0 radical (unpaired) electrons. The van der Waals surface area contributed by atoms with Crippen LogP contribution in [0.5, 0.6) is 0 Å².